The number of esters is 3. The van der Waals surface area contributed by atoms with Crippen molar-refractivity contribution in [1.82, 2.24) is 0 Å². The van der Waals surface area contributed by atoms with Gasteiger partial charge in [-0.15, -0.1) is 0 Å². The van der Waals surface area contributed by atoms with Gasteiger partial charge in [-0.1, -0.05) is 354 Å². The lowest BCUT2D eigenvalue weighted by atomic mass is 10.0. The summed E-state index contributed by atoms with van der Waals surface area (Å²) in [6.45, 7) is 6.73. The van der Waals surface area contributed by atoms with Crippen LogP contribution in [0.3, 0.4) is 0 Å². The van der Waals surface area contributed by atoms with Gasteiger partial charge in [-0.05, 0) is 44.9 Å². The minimum atomic E-state index is -0.767. The van der Waals surface area contributed by atoms with Crippen LogP contribution >= 0.6 is 0 Å². The molecule has 0 bridgehead atoms. The molecule has 0 rings (SSSR count). The molecule has 456 valence electrons. The van der Waals surface area contributed by atoms with Gasteiger partial charge < -0.3 is 14.2 Å². The average molecular weight is 1090 g/mol. The molecule has 0 fully saturated rings. The van der Waals surface area contributed by atoms with E-state index < -0.39 is 6.10 Å². The van der Waals surface area contributed by atoms with Gasteiger partial charge in [0.1, 0.15) is 13.2 Å². The van der Waals surface area contributed by atoms with E-state index in [1.165, 1.54) is 308 Å². The summed E-state index contributed by atoms with van der Waals surface area (Å²) in [5, 5.41) is 0. The second-order valence-electron chi connectivity index (χ2n) is 24.2. The highest BCUT2D eigenvalue weighted by Crippen LogP contribution is 2.19. The summed E-state index contributed by atoms with van der Waals surface area (Å²) in [7, 11) is 0. The Morgan fingerprint density at radius 2 is 0.429 bits per heavy atom. The smallest absolute Gasteiger partial charge is 0.306 e. The van der Waals surface area contributed by atoms with E-state index in [-0.39, 0.29) is 31.1 Å². The number of hydrogen-bond acceptors (Lipinski definition) is 6. The molecule has 0 amide bonds. The summed E-state index contributed by atoms with van der Waals surface area (Å²) in [6, 6.07) is 0. The van der Waals surface area contributed by atoms with Crippen molar-refractivity contribution < 1.29 is 28.6 Å². The van der Waals surface area contributed by atoms with Gasteiger partial charge >= 0.3 is 17.9 Å². The van der Waals surface area contributed by atoms with E-state index in [2.05, 4.69) is 32.9 Å². The second kappa shape index (κ2) is 66.7. The molecule has 0 radical (unpaired) electrons. The zero-order valence-electron chi connectivity index (χ0n) is 52.5. The van der Waals surface area contributed by atoms with Crippen LogP contribution in [0.4, 0.5) is 0 Å². The molecule has 77 heavy (non-hydrogen) atoms. The molecule has 0 aromatic rings. The molecule has 1 atom stereocenters. The Morgan fingerprint density at radius 3 is 0.649 bits per heavy atom. The van der Waals surface area contributed by atoms with Gasteiger partial charge in [0.05, 0.1) is 0 Å². The first-order valence-corrected chi connectivity index (χ1v) is 35.2. The topological polar surface area (TPSA) is 78.9 Å². The molecule has 0 aromatic heterocycles. The first kappa shape index (κ1) is 75.2. The fourth-order valence-electron chi connectivity index (χ4n) is 11.0. The molecule has 0 saturated carbocycles. The van der Waals surface area contributed by atoms with Gasteiger partial charge in [-0.2, -0.15) is 0 Å². The van der Waals surface area contributed by atoms with Crippen molar-refractivity contribution in [3.8, 4) is 0 Å². The molecule has 0 aliphatic rings. The highest BCUT2D eigenvalue weighted by Gasteiger charge is 2.19. The highest BCUT2D eigenvalue weighted by atomic mass is 16.6. The Kier molecular flexibility index (Phi) is 65.1. The van der Waals surface area contributed by atoms with Gasteiger partial charge in [0.25, 0.3) is 0 Å². The van der Waals surface area contributed by atoms with Gasteiger partial charge in [-0.25, -0.2) is 0 Å². The van der Waals surface area contributed by atoms with E-state index >= 15 is 0 Å². The first-order chi connectivity index (χ1) is 38.0. The lowest BCUT2D eigenvalue weighted by molar-refractivity contribution is -0.167. The molecule has 0 aliphatic carbocycles. The Hall–Kier alpha value is -1.85. The Labute approximate surface area is 481 Å². The highest BCUT2D eigenvalue weighted by molar-refractivity contribution is 5.71. The number of allylic oxidation sites excluding steroid dienone is 2. The monoisotopic (exact) mass is 1090 g/mol. The summed E-state index contributed by atoms with van der Waals surface area (Å²) in [4.78, 5) is 38.5. The van der Waals surface area contributed by atoms with Crippen LogP contribution in [0.15, 0.2) is 12.2 Å². The van der Waals surface area contributed by atoms with Crippen LogP contribution in [-0.2, 0) is 28.6 Å². The number of unbranched alkanes of at least 4 members (excludes halogenated alkanes) is 53. The maximum absolute atomic E-state index is 13.0. The van der Waals surface area contributed by atoms with Crippen LogP contribution in [0, 0.1) is 0 Å². The average Bonchev–Trinajstić information content (AvgIpc) is 3.43. The van der Waals surface area contributed by atoms with Gasteiger partial charge in [0, 0.05) is 19.3 Å². The predicted octanol–water partition coefficient (Wildman–Crippen LogP) is 24.0. The fraction of sp³-hybridized carbons (Fsp3) is 0.930. The molecule has 0 heterocycles. The van der Waals surface area contributed by atoms with Crippen LogP contribution in [-0.4, -0.2) is 37.2 Å². The summed E-state index contributed by atoms with van der Waals surface area (Å²) >= 11 is 0. The van der Waals surface area contributed by atoms with Crippen molar-refractivity contribution in [1.29, 1.82) is 0 Å². The predicted molar refractivity (Wildman–Crippen MR) is 335 cm³/mol. The van der Waals surface area contributed by atoms with Crippen LogP contribution in [0.1, 0.15) is 406 Å². The largest absolute Gasteiger partial charge is 0.462 e. The lowest BCUT2D eigenvalue weighted by Gasteiger charge is -2.18. The molecular formula is C71H136O6. The van der Waals surface area contributed by atoms with Gasteiger partial charge in [0.2, 0.25) is 0 Å². The number of carbonyl (C=O) groups is 3. The van der Waals surface area contributed by atoms with Crippen molar-refractivity contribution in [2.24, 2.45) is 0 Å². The zero-order valence-corrected chi connectivity index (χ0v) is 52.5. The van der Waals surface area contributed by atoms with Crippen molar-refractivity contribution in [2.75, 3.05) is 13.2 Å². The minimum absolute atomic E-state index is 0.0632. The second-order valence-corrected chi connectivity index (χ2v) is 24.2. The number of rotatable bonds is 66. The number of carbonyl (C=O) groups excluding carboxylic acids is 3. The lowest BCUT2D eigenvalue weighted by Crippen LogP contribution is -2.30. The molecule has 0 spiro atoms. The summed E-state index contributed by atoms with van der Waals surface area (Å²) in [5.74, 6) is -0.828. The summed E-state index contributed by atoms with van der Waals surface area (Å²) < 4.78 is 17.0. The van der Waals surface area contributed by atoms with Crippen molar-refractivity contribution in [2.45, 2.75) is 412 Å². The molecule has 0 saturated heterocycles. The van der Waals surface area contributed by atoms with E-state index in [0.717, 1.165) is 57.8 Å². The van der Waals surface area contributed by atoms with Crippen LogP contribution in [0.2, 0.25) is 0 Å². The molecule has 0 unspecified atom stereocenters. The molecule has 0 aliphatic heterocycles. The zero-order chi connectivity index (χ0) is 55.7. The summed E-state index contributed by atoms with van der Waals surface area (Å²) in [6.07, 6.45) is 79.4. The number of hydrogen-bond donors (Lipinski definition) is 0. The third-order valence-corrected chi connectivity index (χ3v) is 16.3. The van der Waals surface area contributed by atoms with Crippen LogP contribution in [0.5, 0.6) is 0 Å². The van der Waals surface area contributed by atoms with Gasteiger partial charge in [0.15, 0.2) is 6.10 Å². The van der Waals surface area contributed by atoms with E-state index in [1.807, 2.05) is 0 Å². The standard InChI is InChI=1S/C71H136O6/c1-4-7-10-13-16-19-22-25-28-31-34-35-38-40-43-46-49-52-55-58-61-64-70(73)76-67-68(77-71(74)65-62-59-56-53-50-47-44-41-37-33-30-27-24-21-18-15-12-9-6-3)66-75-69(72)63-60-57-54-51-48-45-42-39-36-32-29-26-23-20-17-14-11-8-5-2/h26,29,68H,4-25,27-28,30-67H2,1-3H3/b29-26-/t68-/m1/s1. The van der Waals surface area contributed by atoms with E-state index in [9.17, 15) is 14.4 Å². The SMILES string of the molecule is CCCCCCCC/C=C\CCCCCCCCCCCC(=O)OC[C@H](COC(=O)CCCCCCCCCCCCCCCCCCCCCCC)OC(=O)CCCCCCCCCCCCCCCCCCCCC. The van der Waals surface area contributed by atoms with Crippen molar-refractivity contribution in [3.63, 3.8) is 0 Å². The van der Waals surface area contributed by atoms with Crippen molar-refractivity contribution >= 4 is 17.9 Å². The van der Waals surface area contributed by atoms with E-state index in [4.69, 9.17) is 14.2 Å². The van der Waals surface area contributed by atoms with E-state index in [1.54, 1.807) is 0 Å². The third-order valence-electron chi connectivity index (χ3n) is 16.3. The molecule has 6 heteroatoms. The summed E-state index contributed by atoms with van der Waals surface area (Å²) in [5.41, 5.74) is 0. The Morgan fingerprint density at radius 1 is 0.247 bits per heavy atom. The Balaban J connectivity index is 4.28. The maximum atomic E-state index is 13.0. The minimum Gasteiger partial charge on any atom is -0.462 e. The van der Waals surface area contributed by atoms with Crippen molar-refractivity contribution in [3.05, 3.63) is 12.2 Å². The molecular weight excluding hydrogens is 949 g/mol. The third kappa shape index (κ3) is 64.9. The van der Waals surface area contributed by atoms with Crippen LogP contribution in [0.25, 0.3) is 0 Å². The quantitative estimate of drug-likeness (QED) is 0.0261. The molecule has 0 aromatic carbocycles. The fourth-order valence-corrected chi connectivity index (χ4v) is 11.0. The normalized spacial score (nSPS) is 12.0. The first-order valence-electron chi connectivity index (χ1n) is 35.2. The Bertz CT molecular complexity index is 1200. The number of ether oxygens (including phenoxy) is 3. The van der Waals surface area contributed by atoms with E-state index in [0.29, 0.717) is 19.3 Å². The molecule has 0 N–H and O–H groups in total. The maximum Gasteiger partial charge on any atom is 0.306 e. The molecule has 6 nitrogen and oxygen atoms in total. The van der Waals surface area contributed by atoms with Crippen LogP contribution < -0.4 is 0 Å². The van der Waals surface area contributed by atoms with Gasteiger partial charge in [-0.3, -0.25) is 14.4 Å².